The van der Waals surface area contributed by atoms with E-state index < -0.39 is 16.1 Å². The summed E-state index contributed by atoms with van der Waals surface area (Å²) < 4.78 is 28.8. The van der Waals surface area contributed by atoms with Crippen LogP contribution in [-0.2, 0) is 14.8 Å². The van der Waals surface area contributed by atoms with E-state index in [1.54, 1.807) is 16.9 Å². The molecule has 1 aliphatic rings. The minimum absolute atomic E-state index is 0.0813. The lowest BCUT2D eigenvalue weighted by atomic mass is 10.2. The molecule has 26 heavy (non-hydrogen) atoms. The third-order valence-corrected chi connectivity index (χ3v) is 6.51. The van der Waals surface area contributed by atoms with Crippen LogP contribution in [0.4, 0.5) is 5.82 Å². The zero-order chi connectivity index (χ0) is 18.9. The molecule has 0 bridgehead atoms. The molecule has 2 heterocycles. The van der Waals surface area contributed by atoms with Gasteiger partial charge >= 0.3 is 0 Å². The number of carbonyl (C=O) groups is 1. The number of halogens is 1. The zero-order valence-corrected chi connectivity index (χ0v) is 16.2. The van der Waals surface area contributed by atoms with Crippen LogP contribution in [0.3, 0.4) is 0 Å². The van der Waals surface area contributed by atoms with Crippen molar-refractivity contribution in [2.24, 2.45) is 0 Å². The van der Waals surface area contributed by atoms with Crippen molar-refractivity contribution in [1.29, 1.82) is 0 Å². The summed E-state index contributed by atoms with van der Waals surface area (Å²) in [4.78, 5) is 12.9. The molecule has 0 radical (unpaired) electrons. The number of nitrogens with one attached hydrogen (secondary N) is 1. The van der Waals surface area contributed by atoms with Gasteiger partial charge in [-0.2, -0.15) is 9.40 Å². The van der Waals surface area contributed by atoms with Gasteiger partial charge in [-0.15, -0.1) is 0 Å². The molecular weight excluding hydrogens is 376 g/mol. The number of amides is 1. The maximum absolute atomic E-state index is 12.9. The number of hydrogen-bond acceptors (Lipinski definition) is 4. The summed E-state index contributed by atoms with van der Waals surface area (Å²) in [7, 11) is -3.76. The number of hydrogen-bond donors (Lipinski definition) is 1. The summed E-state index contributed by atoms with van der Waals surface area (Å²) in [5.41, 5.74) is 0. The van der Waals surface area contributed by atoms with Crippen molar-refractivity contribution >= 4 is 33.3 Å². The Balaban J connectivity index is 1.82. The lowest BCUT2D eigenvalue weighted by Gasteiger charge is -2.23. The maximum Gasteiger partial charge on any atom is 0.243 e. The molecule has 1 aromatic heterocycles. The molecule has 0 aliphatic carbocycles. The molecule has 1 aromatic carbocycles. The molecule has 2 aromatic rings. The van der Waals surface area contributed by atoms with Crippen LogP contribution in [0.15, 0.2) is 41.4 Å². The second kappa shape index (κ2) is 7.38. The molecule has 0 spiro atoms. The molecule has 1 atom stereocenters. The minimum Gasteiger partial charge on any atom is -0.309 e. The predicted octanol–water partition coefficient (Wildman–Crippen LogP) is 2.91. The first-order valence-electron chi connectivity index (χ1n) is 8.42. The Morgan fingerprint density at radius 2 is 1.96 bits per heavy atom. The molecule has 3 rings (SSSR count). The maximum atomic E-state index is 12.9. The summed E-state index contributed by atoms with van der Waals surface area (Å²) in [5, 5.41) is 7.45. The van der Waals surface area contributed by atoms with E-state index in [0.717, 1.165) is 0 Å². The van der Waals surface area contributed by atoms with Gasteiger partial charge in [-0.3, -0.25) is 4.79 Å². The highest BCUT2D eigenvalue weighted by Gasteiger charge is 2.39. The molecule has 1 unspecified atom stereocenters. The Kier molecular flexibility index (Phi) is 5.36. The van der Waals surface area contributed by atoms with Gasteiger partial charge in [0.15, 0.2) is 0 Å². The van der Waals surface area contributed by atoms with E-state index in [0.29, 0.717) is 30.2 Å². The summed E-state index contributed by atoms with van der Waals surface area (Å²) in [6.45, 7) is 4.22. The smallest absolute Gasteiger partial charge is 0.243 e. The van der Waals surface area contributed by atoms with Gasteiger partial charge in [0.2, 0.25) is 15.9 Å². The summed E-state index contributed by atoms with van der Waals surface area (Å²) in [5.74, 6) is 0.211. The third-order valence-electron chi connectivity index (χ3n) is 4.34. The lowest BCUT2D eigenvalue weighted by molar-refractivity contribution is -0.119. The first-order valence-corrected chi connectivity index (χ1v) is 10.2. The lowest BCUT2D eigenvalue weighted by Crippen LogP contribution is -2.43. The number of carbonyl (C=O) groups excluding carboxylic acids is 1. The summed E-state index contributed by atoms with van der Waals surface area (Å²) in [6, 6.07) is 7.01. The Hall–Kier alpha value is -1.90. The van der Waals surface area contributed by atoms with E-state index in [4.69, 9.17) is 11.6 Å². The van der Waals surface area contributed by atoms with Crippen molar-refractivity contribution in [3.63, 3.8) is 0 Å². The van der Waals surface area contributed by atoms with E-state index in [2.05, 4.69) is 10.4 Å². The van der Waals surface area contributed by atoms with Crippen LogP contribution in [0.25, 0.3) is 0 Å². The van der Waals surface area contributed by atoms with E-state index in [1.165, 1.54) is 28.6 Å². The quantitative estimate of drug-likeness (QED) is 0.842. The SMILES string of the molecule is CC(C)n1nccc1NC(=O)C1CCCN1S(=O)(=O)c1ccc(Cl)cc1. The van der Waals surface area contributed by atoms with Crippen LogP contribution in [-0.4, -0.2) is 41.0 Å². The van der Waals surface area contributed by atoms with Gasteiger partial charge in [0.25, 0.3) is 0 Å². The van der Waals surface area contributed by atoms with Crippen molar-refractivity contribution in [3.8, 4) is 0 Å². The van der Waals surface area contributed by atoms with Crippen LogP contribution in [0, 0.1) is 0 Å². The van der Waals surface area contributed by atoms with E-state index in [9.17, 15) is 13.2 Å². The van der Waals surface area contributed by atoms with Gasteiger partial charge in [0.1, 0.15) is 11.9 Å². The topological polar surface area (TPSA) is 84.3 Å². The fourth-order valence-electron chi connectivity index (χ4n) is 3.07. The monoisotopic (exact) mass is 396 g/mol. The van der Waals surface area contributed by atoms with Crippen molar-refractivity contribution in [1.82, 2.24) is 14.1 Å². The minimum atomic E-state index is -3.76. The van der Waals surface area contributed by atoms with Gasteiger partial charge in [-0.05, 0) is 51.0 Å². The fraction of sp³-hybridized carbons (Fsp3) is 0.412. The Labute approximate surface area is 158 Å². The van der Waals surface area contributed by atoms with Crippen molar-refractivity contribution in [3.05, 3.63) is 41.6 Å². The average molecular weight is 397 g/mol. The highest BCUT2D eigenvalue weighted by atomic mass is 35.5. The molecular formula is C17H21ClN4O3S. The molecule has 0 saturated carbocycles. The largest absolute Gasteiger partial charge is 0.309 e. The number of sulfonamides is 1. The van der Waals surface area contributed by atoms with Crippen LogP contribution in [0.1, 0.15) is 32.7 Å². The fourth-order valence-corrected chi connectivity index (χ4v) is 4.85. The molecule has 140 valence electrons. The van der Waals surface area contributed by atoms with Crippen molar-refractivity contribution in [2.75, 3.05) is 11.9 Å². The number of rotatable bonds is 5. The second-order valence-electron chi connectivity index (χ2n) is 6.47. The average Bonchev–Trinajstić information content (AvgIpc) is 3.24. The molecule has 9 heteroatoms. The van der Waals surface area contributed by atoms with Crippen molar-refractivity contribution in [2.45, 2.75) is 43.7 Å². The number of aromatic nitrogens is 2. The van der Waals surface area contributed by atoms with Crippen LogP contribution in [0.2, 0.25) is 5.02 Å². The highest BCUT2D eigenvalue weighted by Crippen LogP contribution is 2.28. The Bertz CT molecular complexity index is 893. The van der Waals surface area contributed by atoms with Crippen LogP contribution >= 0.6 is 11.6 Å². The van der Waals surface area contributed by atoms with Gasteiger partial charge in [0.05, 0.1) is 11.1 Å². The van der Waals surface area contributed by atoms with Gasteiger partial charge in [-0.1, -0.05) is 11.6 Å². The molecule has 1 fully saturated rings. The molecule has 1 aliphatic heterocycles. The van der Waals surface area contributed by atoms with Gasteiger partial charge in [-0.25, -0.2) is 13.1 Å². The third kappa shape index (κ3) is 3.62. The first-order chi connectivity index (χ1) is 12.3. The van der Waals surface area contributed by atoms with Crippen molar-refractivity contribution < 1.29 is 13.2 Å². The molecule has 1 N–H and O–H groups in total. The Morgan fingerprint density at radius 1 is 1.27 bits per heavy atom. The first kappa shape index (κ1) is 18.9. The van der Waals surface area contributed by atoms with Gasteiger partial charge < -0.3 is 5.32 Å². The summed E-state index contributed by atoms with van der Waals surface area (Å²) >= 11 is 5.84. The molecule has 1 saturated heterocycles. The molecule has 7 nitrogen and oxygen atoms in total. The highest BCUT2D eigenvalue weighted by molar-refractivity contribution is 7.89. The number of benzene rings is 1. The summed E-state index contributed by atoms with van der Waals surface area (Å²) in [6.07, 6.45) is 2.72. The Morgan fingerprint density at radius 3 is 2.62 bits per heavy atom. The van der Waals surface area contributed by atoms with E-state index >= 15 is 0 Å². The standard InChI is InChI=1S/C17H21ClN4O3S/c1-12(2)22-16(9-10-19-22)20-17(23)15-4-3-11-21(15)26(24,25)14-7-5-13(18)6-8-14/h5-10,12,15H,3-4,11H2,1-2H3,(H,20,23). The number of anilines is 1. The zero-order valence-electron chi connectivity index (χ0n) is 14.6. The van der Waals surface area contributed by atoms with E-state index in [1.807, 2.05) is 13.8 Å². The predicted molar refractivity (Wildman–Crippen MR) is 99.6 cm³/mol. The van der Waals surface area contributed by atoms with Crippen LogP contribution < -0.4 is 5.32 Å². The molecule has 1 amide bonds. The van der Waals surface area contributed by atoms with Crippen LogP contribution in [0.5, 0.6) is 0 Å². The number of nitrogens with zero attached hydrogens (tertiary/aromatic N) is 3. The normalized spacial score (nSPS) is 18.4. The van der Waals surface area contributed by atoms with E-state index in [-0.39, 0.29) is 16.8 Å². The van der Waals surface area contributed by atoms with Gasteiger partial charge in [0, 0.05) is 23.7 Å². The second-order valence-corrected chi connectivity index (χ2v) is 8.80.